The molecular formula is C29H27F7N6O3. The zero-order valence-corrected chi connectivity index (χ0v) is 23.7. The van der Waals surface area contributed by atoms with Crippen LogP contribution >= 0.6 is 0 Å². The van der Waals surface area contributed by atoms with Crippen molar-refractivity contribution < 1.29 is 44.9 Å². The van der Waals surface area contributed by atoms with Crippen molar-refractivity contribution in [1.29, 1.82) is 0 Å². The molecule has 5 aliphatic rings. The molecule has 0 radical (unpaired) electrons. The fourth-order valence-electron chi connectivity index (χ4n) is 6.55. The highest BCUT2D eigenvalue weighted by atomic mass is 19.4. The molecule has 4 N–H and O–H groups in total. The van der Waals surface area contributed by atoms with E-state index >= 15 is 4.39 Å². The largest absolute Gasteiger partial charge is 0.468 e. The highest BCUT2D eigenvalue weighted by molar-refractivity contribution is 5.97. The lowest BCUT2D eigenvalue weighted by Crippen LogP contribution is -2.38. The summed E-state index contributed by atoms with van der Waals surface area (Å²) in [6.07, 6.45) is -6.78. The van der Waals surface area contributed by atoms with E-state index in [1.807, 2.05) is 0 Å². The lowest BCUT2D eigenvalue weighted by molar-refractivity contribution is -0.137. The summed E-state index contributed by atoms with van der Waals surface area (Å²) in [4.78, 5) is 12.6. The van der Waals surface area contributed by atoms with Crippen LogP contribution in [0.15, 0.2) is 17.8 Å². The third-order valence-electron chi connectivity index (χ3n) is 8.77. The Morgan fingerprint density at radius 1 is 1.16 bits per heavy atom. The molecule has 1 aromatic carbocycles. The Balaban J connectivity index is 1.47. The van der Waals surface area contributed by atoms with Gasteiger partial charge in [0.05, 0.1) is 30.6 Å². The molecule has 3 fully saturated rings. The van der Waals surface area contributed by atoms with E-state index in [1.165, 1.54) is 0 Å². The van der Waals surface area contributed by atoms with Gasteiger partial charge in [-0.05, 0) is 43.7 Å². The van der Waals surface area contributed by atoms with Gasteiger partial charge in [-0.15, -0.1) is 0 Å². The summed E-state index contributed by atoms with van der Waals surface area (Å²) in [7, 11) is 0. The first-order valence-electron chi connectivity index (χ1n) is 14.3. The Hall–Kier alpha value is -3.92. The smallest absolute Gasteiger partial charge is 0.417 e. The fourth-order valence-corrected chi connectivity index (χ4v) is 6.55. The first-order valence-corrected chi connectivity index (χ1v) is 14.3. The van der Waals surface area contributed by atoms with Crippen molar-refractivity contribution in [2.24, 2.45) is 11.3 Å². The number of anilines is 2. The SMILES string of the molecule is Cc1c(F)c(N)cc(-c2nc3c4c(nc(OCC56COC(C5)C6)nc4c2F)NC2=CC(CNC2)C[C@H](C(F)F)O3)c1C(F)(F)F. The van der Waals surface area contributed by atoms with Crippen molar-refractivity contribution in [2.45, 2.75) is 51.0 Å². The van der Waals surface area contributed by atoms with Crippen molar-refractivity contribution in [3.8, 4) is 23.1 Å². The van der Waals surface area contributed by atoms with Gasteiger partial charge in [0.25, 0.3) is 6.43 Å². The Morgan fingerprint density at radius 2 is 1.93 bits per heavy atom. The zero-order chi connectivity index (χ0) is 31.8. The summed E-state index contributed by atoms with van der Waals surface area (Å²) < 4.78 is 120. The van der Waals surface area contributed by atoms with Gasteiger partial charge in [-0.3, -0.25) is 0 Å². The lowest BCUT2D eigenvalue weighted by atomic mass is 9.71. The van der Waals surface area contributed by atoms with Crippen LogP contribution < -0.4 is 25.8 Å². The maximum atomic E-state index is 16.5. The number of fused-ring (bicyclic) bond motifs is 2. The zero-order valence-electron chi connectivity index (χ0n) is 23.7. The van der Waals surface area contributed by atoms with Gasteiger partial charge < -0.3 is 30.6 Å². The topological polar surface area (TPSA) is 116 Å². The Bertz CT molecular complexity index is 1720. The van der Waals surface area contributed by atoms with E-state index in [0.29, 0.717) is 31.5 Å². The fraction of sp³-hybridized carbons (Fsp3) is 0.483. The molecule has 4 aliphatic heterocycles. The van der Waals surface area contributed by atoms with Gasteiger partial charge >= 0.3 is 12.2 Å². The number of benzene rings is 1. The predicted octanol–water partition coefficient (Wildman–Crippen LogP) is 5.37. The van der Waals surface area contributed by atoms with Crippen molar-refractivity contribution in [3.05, 3.63) is 40.6 Å². The summed E-state index contributed by atoms with van der Waals surface area (Å²) in [6.45, 7) is 2.09. The first kappa shape index (κ1) is 29.8. The van der Waals surface area contributed by atoms with Crippen LogP contribution in [-0.2, 0) is 10.9 Å². The molecule has 4 bridgehead atoms. The number of hydrogen-bond donors (Lipinski definition) is 3. The standard InChI is InChI=1S/C29H27F7N6O3/c1-11-19(29(34,35)36)15(4-16(37)20(11)30)22-21(31)23-18-25(42-27(41-23)44-10-28-5-14(6-28)43-9-28)39-13-2-12(7-38-8-13)3-17(24(32)33)45-26(18)40-22/h2,4,12,14,17,24,38H,3,5-10,37H2,1H3,(H,39,41,42)/t12?,14?,17-,28?/m1/s1. The monoisotopic (exact) mass is 640 g/mol. The van der Waals surface area contributed by atoms with E-state index in [0.717, 1.165) is 19.8 Å². The van der Waals surface area contributed by atoms with Gasteiger partial charge in [0.1, 0.15) is 22.4 Å². The van der Waals surface area contributed by atoms with Crippen molar-refractivity contribution in [1.82, 2.24) is 20.3 Å². The summed E-state index contributed by atoms with van der Waals surface area (Å²) in [6, 6.07) is 0.288. The third kappa shape index (κ3) is 5.16. The second kappa shape index (κ2) is 10.6. The Kier molecular flexibility index (Phi) is 7.00. The van der Waals surface area contributed by atoms with Crippen molar-refractivity contribution in [3.63, 3.8) is 0 Å². The minimum atomic E-state index is -5.17. The number of aromatic nitrogens is 3. The van der Waals surface area contributed by atoms with Crippen molar-refractivity contribution in [2.75, 3.05) is 37.4 Å². The van der Waals surface area contributed by atoms with E-state index in [-0.39, 0.29) is 41.8 Å². The number of rotatable bonds is 5. The number of nitrogens with zero attached hydrogens (tertiary/aromatic N) is 3. The van der Waals surface area contributed by atoms with Gasteiger partial charge in [-0.25, -0.2) is 22.5 Å². The van der Waals surface area contributed by atoms with Gasteiger partial charge in [0.15, 0.2) is 17.7 Å². The average molecular weight is 641 g/mol. The van der Waals surface area contributed by atoms with Crippen LogP contribution in [-0.4, -0.2) is 59.9 Å². The third-order valence-corrected chi connectivity index (χ3v) is 8.77. The van der Waals surface area contributed by atoms with Crippen LogP contribution in [0.25, 0.3) is 22.2 Å². The van der Waals surface area contributed by atoms with Crippen LogP contribution in [0, 0.1) is 29.9 Å². The second-order valence-electron chi connectivity index (χ2n) is 12.0. The molecule has 3 aromatic rings. The Morgan fingerprint density at radius 3 is 2.62 bits per heavy atom. The highest BCUT2D eigenvalue weighted by Crippen LogP contribution is 2.50. The number of hydrogen-bond acceptors (Lipinski definition) is 9. The van der Waals surface area contributed by atoms with Gasteiger partial charge in [-0.2, -0.15) is 23.1 Å². The van der Waals surface area contributed by atoms with E-state index in [9.17, 15) is 26.3 Å². The maximum Gasteiger partial charge on any atom is 0.417 e. The van der Waals surface area contributed by atoms with Crippen LogP contribution in [0.2, 0.25) is 0 Å². The minimum absolute atomic E-state index is 0.107. The van der Waals surface area contributed by atoms with Crippen LogP contribution in [0.1, 0.15) is 30.4 Å². The number of alkyl halides is 5. The second-order valence-corrected chi connectivity index (χ2v) is 12.0. The molecule has 1 unspecified atom stereocenters. The molecule has 8 rings (SSSR count). The quantitative estimate of drug-likeness (QED) is 0.250. The molecule has 240 valence electrons. The van der Waals surface area contributed by atoms with Crippen LogP contribution in [0.5, 0.6) is 11.9 Å². The predicted molar refractivity (Wildman–Crippen MR) is 147 cm³/mol. The number of nitrogens with one attached hydrogen (secondary N) is 2. The van der Waals surface area contributed by atoms with Crippen LogP contribution in [0.3, 0.4) is 0 Å². The number of nitrogen functional groups attached to an aromatic ring is 1. The average Bonchev–Trinajstić information content (AvgIpc) is 3.56. The molecule has 16 heteroatoms. The molecule has 2 saturated heterocycles. The molecule has 0 amide bonds. The van der Waals surface area contributed by atoms with Crippen molar-refractivity contribution >= 4 is 22.4 Å². The number of nitrogens with two attached hydrogens (primary N) is 1. The molecule has 6 heterocycles. The minimum Gasteiger partial charge on any atom is -0.468 e. The van der Waals surface area contributed by atoms with Gasteiger partial charge in [0.2, 0.25) is 5.88 Å². The van der Waals surface area contributed by atoms with E-state index in [4.69, 9.17) is 19.9 Å². The summed E-state index contributed by atoms with van der Waals surface area (Å²) in [5.41, 5.74) is 0.340. The van der Waals surface area contributed by atoms with Gasteiger partial charge in [0, 0.05) is 29.8 Å². The number of ether oxygens (including phenoxy) is 3. The first-order chi connectivity index (χ1) is 21.3. The van der Waals surface area contributed by atoms with E-state index in [2.05, 4.69) is 25.6 Å². The maximum absolute atomic E-state index is 16.5. The molecule has 45 heavy (non-hydrogen) atoms. The molecule has 2 atom stereocenters. The Labute approximate surface area is 251 Å². The molecule has 1 aliphatic carbocycles. The normalized spacial score (nSPS) is 25.8. The van der Waals surface area contributed by atoms with Gasteiger partial charge in [-0.1, -0.05) is 6.08 Å². The lowest BCUT2D eigenvalue weighted by Gasteiger charge is -2.34. The molecule has 0 spiro atoms. The summed E-state index contributed by atoms with van der Waals surface area (Å²) in [5, 5.41) is 5.90. The van der Waals surface area contributed by atoms with E-state index < -0.39 is 75.7 Å². The van der Waals surface area contributed by atoms with E-state index in [1.54, 1.807) is 6.08 Å². The molecular weight excluding hydrogens is 613 g/mol. The number of pyridine rings is 1. The summed E-state index contributed by atoms with van der Waals surface area (Å²) in [5.74, 6) is -3.86. The number of halogens is 7. The molecule has 9 nitrogen and oxygen atoms in total. The molecule has 2 aromatic heterocycles. The molecule has 1 saturated carbocycles. The highest BCUT2D eigenvalue weighted by Gasteiger charge is 2.52. The van der Waals surface area contributed by atoms with Crippen LogP contribution in [0.4, 0.5) is 42.2 Å². The summed E-state index contributed by atoms with van der Waals surface area (Å²) >= 11 is 0.